The highest BCUT2D eigenvalue weighted by molar-refractivity contribution is 5.94. The number of nitrogens with zero attached hydrogens (tertiary/aromatic N) is 1. The average molecular weight is 181 g/mol. The van der Waals surface area contributed by atoms with Gasteiger partial charge in [0.05, 0.1) is 14.2 Å². The van der Waals surface area contributed by atoms with Crippen molar-refractivity contribution >= 4 is 5.91 Å². The Morgan fingerprint density at radius 2 is 2.23 bits per heavy atom. The van der Waals surface area contributed by atoms with Gasteiger partial charge in [0, 0.05) is 12.1 Å². The number of amides is 1. The van der Waals surface area contributed by atoms with Crippen molar-refractivity contribution in [3.63, 3.8) is 0 Å². The molecule has 69 valence electrons. The Kier molecular flexibility index (Phi) is 2.69. The Morgan fingerprint density at radius 1 is 1.54 bits per heavy atom. The highest BCUT2D eigenvalue weighted by atomic mass is 16.5. The van der Waals surface area contributed by atoms with Crippen molar-refractivity contribution in [1.29, 1.82) is 0 Å². The van der Waals surface area contributed by atoms with E-state index in [1.165, 1.54) is 20.3 Å². The Labute approximate surface area is 75.5 Å². The third-order valence-electron chi connectivity index (χ3n) is 1.41. The summed E-state index contributed by atoms with van der Waals surface area (Å²) in [6.07, 6.45) is 0. The standard InChI is InChI=1S/C8H9N2O3/c1-12-6-4-3-5(7(9)11)8(10-6)13-2/h4H,1-2H3,(H2,9,11). The first-order chi connectivity index (χ1) is 6.19. The number of rotatable bonds is 3. The first-order valence-electron chi connectivity index (χ1n) is 3.49. The number of nitrogens with two attached hydrogens (primary N) is 1. The molecule has 5 heteroatoms. The van der Waals surface area contributed by atoms with Gasteiger partial charge in [0.2, 0.25) is 11.8 Å². The number of primary amides is 1. The fourth-order valence-corrected chi connectivity index (χ4v) is 0.813. The number of ether oxygens (including phenoxy) is 2. The number of carbonyl (C=O) groups excluding carboxylic acids is 1. The van der Waals surface area contributed by atoms with E-state index >= 15 is 0 Å². The molecule has 0 aliphatic rings. The molecule has 0 fully saturated rings. The van der Waals surface area contributed by atoms with E-state index in [2.05, 4.69) is 11.1 Å². The van der Waals surface area contributed by atoms with Crippen LogP contribution in [0.15, 0.2) is 6.07 Å². The lowest BCUT2D eigenvalue weighted by Gasteiger charge is -2.05. The van der Waals surface area contributed by atoms with Crippen LogP contribution in [0.25, 0.3) is 0 Å². The van der Waals surface area contributed by atoms with E-state index in [0.717, 1.165) is 0 Å². The molecule has 0 spiro atoms. The van der Waals surface area contributed by atoms with Gasteiger partial charge in [0.15, 0.2) is 0 Å². The number of hydrogen-bond acceptors (Lipinski definition) is 4. The van der Waals surface area contributed by atoms with Gasteiger partial charge >= 0.3 is 0 Å². The molecule has 0 bridgehead atoms. The van der Waals surface area contributed by atoms with Gasteiger partial charge in [-0.05, 0) is 0 Å². The maximum Gasteiger partial charge on any atom is 0.254 e. The van der Waals surface area contributed by atoms with Crippen molar-refractivity contribution in [3.8, 4) is 11.8 Å². The van der Waals surface area contributed by atoms with Gasteiger partial charge in [-0.2, -0.15) is 4.98 Å². The number of hydrogen-bond donors (Lipinski definition) is 1. The lowest BCUT2D eigenvalue weighted by Crippen LogP contribution is -2.13. The summed E-state index contributed by atoms with van der Waals surface area (Å²) in [7, 11) is 2.85. The van der Waals surface area contributed by atoms with E-state index in [1.54, 1.807) is 0 Å². The third-order valence-corrected chi connectivity index (χ3v) is 1.41. The molecule has 2 N–H and O–H groups in total. The van der Waals surface area contributed by atoms with Crippen molar-refractivity contribution in [2.75, 3.05) is 14.2 Å². The molecule has 1 heterocycles. The van der Waals surface area contributed by atoms with Crippen LogP contribution in [0.1, 0.15) is 10.4 Å². The molecule has 0 unspecified atom stereocenters. The van der Waals surface area contributed by atoms with Crippen LogP contribution in [-0.2, 0) is 0 Å². The Hall–Kier alpha value is -1.78. The maximum absolute atomic E-state index is 10.8. The van der Waals surface area contributed by atoms with Crippen LogP contribution < -0.4 is 15.2 Å². The van der Waals surface area contributed by atoms with Gasteiger partial charge in [0.1, 0.15) is 5.56 Å². The first kappa shape index (κ1) is 9.31. The molecule has 5 nitrogen and oxygen atoms in total. The van der Waals surface area contributed by atoms with Crippen LogP contribution >= 0.6 is 0 Å². The second-order valence-corrected chi connectivity index (χ2v) is 2.19. The van der Waals surface area contributed by atoms with Gasteiger partial charge < -0.3 is 15.2 Å². The van der Waals surface area contributed by atoms with E-state index in [0.29, 0.717) is 5.88 Å². The largest absolute Gasteiger partial charge is 0.481 e. The monoisotopic (exact) mass is 181 g/mol. The smallest absolute Gasteiger partial charge is 0.254 e. The van der Waals surface area contributed by atoms with Crippen LogP contribution in [0.5, 0.6) is 11.8 Å². The van der Waals surface area contributed by atoms with Crippen molar-refractivity contribution in [2.24, 2.45) is 5.73 Å². The molecule has 0 saturated carbocycles. The zero-order valence-corrected chi connectivity index (χ0v) is 7.33. The van der Waals surface area contributed by atoms with Crippen LogP contribution in [0.2, 0.25) is 0 Å². The summed E-state index contributed by atoms with van der Waals surface area (Å²) in [5.74, 6) is -0.194. The molecule has 1 aromatic rings. The quantitative estimate of drug-likeness (QED) is 0.712. The first-order valence-corrected chi connectivity index (χ1v) is 3.49. The molecule has 1 aromatic heterocycles. The van der Waals surface area contributed by atoms with E-state index < -0.39 is 5.91 Å². The average Bonchev–Trinajstić information content (AvgIpc) is 2.16. The molecule has 0 saturated heterocycles. The minimum absolute atomic E-state index is 0.114. The van der Waals surface area contributed by atoms with E-state index in [9.17, 15) is 4.79 Å². The van der Waals surface area contributed by atoms with Crippen LogP contribution in [0, 0.1) is 6.07 Å². The molecule has 0 aromatic carbocycles. The Balaban J connectivity index is 3.15. The fraction of sp³-hybridized carbons (Fsp3) is 0.250. The molecule has 1 rings (SSSR count). The second kappa shape index (κ2) is 3.75. The van der Waals surface area contributed by atoms with Crippen LogP contribution in [0.4, 0.5) is 0 Å². The van der Waals surface area contributed by atoms with Gasteiger partial charge in [-0.3, -0.25) is 4.79 Å². The molecular weight excluding hydrogens is 172 g/mol. The zero-order chi connectivity index (χ0) is 9.84. The third kappa shape index (κ3) is 1.87. The lowest BCUT2D eigenvalue weighted by molar-refractivity contribution is 0.0996. The summed E-state index contributed by atoms with van der Waals surface area (Å²) >= 11 is 0. The van der Waals surface area contributed by atoms with Crippen molar-refractivity contribution in [3.05, 3.63) is 17.7 Å². The van der Waals surface area contributed by atoms with Gasteiger partial charge in [-0.1, -0.05) is 0 Å². The SMILES string of the molecule is COc1c[c]c(C(N)=O)c(OC)n1. The predicted octanol–water partition coefficient (Wildman–Crippen LogP) is -0.00211. The molecule has 1 amide bonds. The van der Waals surface area contributed by atoms with E-state index in [4.69, 9.17) is 15.2 Å². The number of carbonyl (C=O) groups is 1. The number of methoxy groups -OCH3 is 2. The van der Waals surface area contributed by atoms with E-state index in [-0.39, 0.29) is 11.4 Å². The Morgan fingerprint density at radius 3 is 2.69 bits per heavy atom. The van der Waals surface area contributed by atoms with Crippen molar-refractivity contribution < 1.29 is 14.3 Å². The van der Waals surface area contributed by atoms with E-state index in [1.807, 2.05) is 0 Å². The number of pyridine rings is 1. The van der Waals surface area contributed by atoms with Crippen molar-refractivity contribution in [2.45, 2.75) is 0 Å². The lowest BCUT2D eigenvalue weighted by atomic mass is 10.2. The molecule has 13 heavy (non-hydrogen) atoms. The topological polar surface area (TPSA) is 74.4 Å². The summed E-state index contributed by atoms with van der Waals surface area (Å²) in [5, 5.41) is 0. The molecule has 0 atom stereocenters. The summed E-state index contributed by atoms with van der Waals surface area (Å²) in [6, 6.07) is 4.04. The minimum Gasteiger partial charge on any atom is -0.481 e. The summed E-state index contributed by atoms with van der Waals surface area (Å²) in [5.41, 5.74) is 5.16. The van der Waals surface area contributed by atoms with Gasteiger partial charge in [-0.15, -0.1) is 0 Å². The molecular formula is C8H9N2O3. The van der Waals surface area contributed by atoms with Gasteiger partial charge in [-0.25, -0.2) is 0 Å². The summed E-state index contributed by atoms with van der Waals surface area (Å²) in [6.45, 7) is 0. The fourth-order valence-electron chi connectivity index (χ4n) is 0.813. The normalized spacial score (nSPS) is 9.38. The predicted molar refractivity (Wildman–Crippen MR) is 44.7 cm³/mol. The second-order valence-electron chi connectivity index (χ2n) is 2.19. The molecule has 0 aliphatic heterocycles. The summed E-state index contributed by atoms with van der Waals surface area (Å²) in [4.78, 5) is 14.7. The van der Waals surface area contributed by atoms with Crippen LogP contribution in [0.3, 0.4) is 0 Å². The zero-order valence-electron chi connectivity index (χ0n) is 7.33. The highest BCUT2D eigenvalue weighted by Gasteiger charge is 2.11. The molecule has 1 radical (unpaired) electrons. The Bertz CT molecular complexity index is 325. The summed E-state index contributed by atoms with van der Waals surface area (Å²) < 4.78 is 9.64. The maximum atomic E-state index is 10.8. The van der Waals surface area contributed by atoms with Crippen LogP contribution in [-0.4, -0.2) is 25.1 Å². The minimum atomic E-state index is -0.632. The molecule has 0 aliphatic carbocycles. The highest BCUT2D eigenvalue weighted by Crippen LogP contribution is 2.17. The van der Waals surface area contributed by atoms with Crippen molar-refractivity contribution in [1.82, 2.24) is 4.98 Å². The van der Waals surface area contributed by atoms with Gasteiger partial charge in [0.25, 0.3) is 5.91 Å². The number of aromatic nitrogens is 1.